The fourth-order valence-corrected chi connectivity index (χ4v) is 0.755. The third-order valence-corrected chi connectivity index (χ3v) is 1.28. The summed E-state index contributed by atoms with van der Waals surface area (Å²) >= 11 is 0. The van der Waals surface area contributed by atoms with Gasteiger partial charge in [-0.1, -0.05) is 13.2 Å². The van der Waals surface area contributed by atoms with Crippen LogP contribution in [0.3, 0.4) is 0 Å². The number of hydrogen-bond donors (Lipinski definition) is 0. The summed E-state index contributed by atoms with van der Waals surface area (Å²) in [5.41, 5.74) is 0. The van der Waals surface area contributed by atoms with E-state index in [2.05, 4.69) is 18.1 Å². The molecule has 11 heavy (non-hydrogen) atoms. The van der Waals surface area contributed by atoms with Gasteiger partial charge < -0.3 is 9.30 Å². The van der Waals surface area contributed by atoms with E-state index >= 15 is 0 Å². The van der Waals surface area contributed by atoms with Gasteiger partial charge in [-0.15, -0.1) is 0 Å². The summed E-state index contributed by atoms with van der Waals surface area (Å²) in [4.78, 5) is 4.04. The van der Waals surface area contributed by atoms with Crippen molar-refractivity contribution in [3.05, 3.63) is 37.6 Å². The van der Waals surface area contributed by atoms with Gasteiger partial charge in [-0.2, -0.15) is 0 Å². The number of ether oxygens (including phenoxy) is 1. The van der Waals surface area contributed by atoms with Crippen molar-refractivity contribution >= 4 is 6.20 Å². The van der Waals surface area contributed by atoms with E-state index in [1.54, 1.807) is 17.0 Å². The molecule has 58 valence electrons. The molecule has 0 unspecified atom stereocenters. The van der Waals surface area contributed by atoms with Crippen LogP contribution in [0.1, 0.15) is 5.82 Å². The lowest BCUT2D eigenvalue weighted by molar-refractivity contribution is 0.228. The van der Waals surface area contributed by atoms with E-state index in [0.717, 1.165) is 5.82 Å². The van der Waals surface area contributed by atoms with Gasteiger partial charge in [-0.3, -0.25) is 0 Å². The molecule has 0 amide bonds. The van der Waals surface area contributed by atoms with Gasteiger partial charge in [-0.05, 0) is 0 Å². The Hall–Kier alpha value is -1.51. The summed E-state index contributed by atoms with van der Waals surface area (Å²) in [5, 5.41) is 0. The van der Waals surface area contributed by atoms with E-state index in [0.29, 0.717) is 6.61 Å². The number of hydrogen-bond acceptors (Lipinski definition) is 2. The van der Waals surface area contributed by atoms with Crippen LogP contribution >= 0.6 is 0 Å². The second-order valence-corrected chi connectivity index (χ2v) is 1.91. The van der Waals surface area contributed by atoms with Crippen molar-refractivity contribution in [3.63, 3.8) is 0 Å². The van der Waals surface area contributed by atoms with Crippen LogP contribution in [0.2, 0.25) is 0 Å². The molecule has 1 heterocycles. The number of rotatable bonds is 4. The van der Waals surface area contributed by atoms with Crippen LogP contribution in [0, 0.1) is 0 Å². The molecule has 0 aromatic carbocycles. The highest BCUT2D eigenvalue weighted by molar-refractivity contribution is 5.19. The zero-order chi connectivity index (χ0) is 8.10. The summed E-state index contributed by atoms with van der Waals surface area (Å²) in [6.45, 7) is 7.48. The molecule has 0 aliphatic carbocycles. The monoisotopic (exact) mass is 150 g/mol. The molecular formula is C8H10N2O. The smallest absolute Gasteiger partial charge is 0.150 e. The molecule has 0 fully saturated rings. The number of nitrogens with zero attached hydrogens (tertiary/aromatic N) is 2. The second kappa shape index (κ2) is 3.61. The molecule has 1 aromatic heterocycles. The molecule has 0 aliphatic rings. The average Bonchev–Trinajstić information content (AvgIpc) is 2.47. The highest BCUT2D eigenvalue weighted by atomic mass is 16.5. The Morgan fingerprint density at radius 3 is 3.09 bits per heavy atom. The zero-order valence-corrected chi connectivity index (χ0v) is 6.23. The molecule has 1 aromatic rings. The van der Waals surface area contributed by atoms with Crippen molar-refractivity contribution in [2.24, 2.45) is 0 Å². The lowest BCUT2D eigenvalue weighted by Gasteiger charge is -2.00. The minimum atomic E-state index is 0.433. The van der Waals surface area contributed by atoms with Crippen LogP contribution in [0.25, 0.3) is 6.20 Å². The predicted octanol–water partition coefficient (Wildman–Crippen LogP) is 1.64. The fraction of sp³-hybridized carbons (Fsp3) is 0.125. The first-order chi connectivity index (χ1) is 5.38. The largest absolute Gasteiger partial charge is 0.494 e. The van der Waals surface area contributed by atoms with Gasteiger partial charge >= 0.3 is 0 Å². The van der Waals surface area contributed by atoms with Crippen molar-refractivity contribution in [3.8, 4) is 0 Å². The lowest BCUT2D eigenvalue weighted by atomic mass is 10.6. The van der Waals surface area contributed by atoms with Crippen LogP contribution in [0.4, 0.5) is 0 Å². The standard InChI is InChI=1S/C8H10N2O/c1-3-10-6-5-9-8(10)7-11-4-2/h3-6H,1-2,7H2. The summed E-state index contributed by atoms with van der Waals surface area (Å²) in [5.74, 6) is 0.819. The Morgan fingerprint density at radius 2 is 2.45 bits per heavy atom. The highest BCUT2D eigenvalue weighted by Crippen LogP contribution is 1.99. The number of aromatic nitrogens is 2. The van der Waals surface area contributed by atoms with E-state index < -0.39 is 0 Å². The van der Waals surface area contributed by atoms with Gasteiger partial charge in [0.15, 0.2) is 5.82 Å². The molecular weight excluding hydrogens is 140 g/mol. The van der Waals surface area contributed by atoms with Crippen LogP contribution in [-0.4, -0.2) is 9.55 Å². The van der Waals surface area contributed by atoms with Crippen LogP contribution in [0.15, 0.2) is 31.8 Å². The van der Waals surface area contributed by atoms with Gasteiger partial charge in [0, 0.05) is 18.6 Å². The SMILES string of the molecule is C=COCc1nccn1C=C. The maximum Gasteiger partial charge on any atom is 0.150 e. The van der Waals surface area contributed by atoms with Gasteiger partial charge in [0.05, 0.1) is 6.26 Å². The van der Waals surface area contributed by atoms with Crippen LogP contribution < -0.4 is 0 Å². The maximum absolute atomic E-state index is 4.95. The van der Waals surface area contributed by atoms with Crippen molar-refractivity contribution < 1.29 is 4.74 Å². The quantitative estimate of drug-likeness (QED) is 0.610. The van der Waals surface area contributed by atoms with Crippen molar-refractivity contribution in [1.29, 1.82) is 0 Å². The topological polar surface area (TPSA) is 27.1 Å². The Bertz CT molecular complexity index is 252. The molecule has 0 atom stereocenters. The maximum atomic E-state index is 4.95. The molecule has 0 radical (unpaired) electrons. The van der Waals surface area contributed by atoms with Gasteiger partial charge in [-0.25, -0.2) is 4.98 Å². The summed E-state index contributed by atoms with van der Waals surface area (Å²) in [7, 11) is 0. The molecule has 1 rings (SSSR count). The zero-order valence-electron chi connectivity index (χ0n) is 6.23. The molecule has 0 aliphatic heterocycles. The van der Waals surface area contributed by atoms with E-state index in [1.807, 2.05) is 6.20 Å². The van der Waals surface area contributed by atoms with E-state index in [1.165, 1.54) is 6.26 Å². The predicted molar refractivity (Wildman–Crippen MR) is 43.6 cm³/mol. The normalized spacial score (nSPS) is 9.09. The third-order valence-electron chi connectivity index (χ3n) is 1.28. The van der Waals surface area contributed by atoms with E-state index in [9.17, 15) is 0 Å². The Labute approximate surface area is 65.6 Å². The van der Waals surface area contributed by atoms with Crippen LogP contribution in [0.5, 0.6) is 0 Å². The van der Waals surface area contributed by atoms with Gasteiger partial charge in [0.1, 0.15) is 6.61 Å². The average molecular weight is 150 g/mol. The molecule has 3 nitrogen and oxygen atoms in total. The Morgan fingerprint density at radius 1 is 1.64 bits per heavy atom. The first kappa shape index (κ1) is 7.60. The molecule has 0 saturated carbocycles. The summed E-state index contributed by atoms with van der Waals surface area (Å²) in [6, 6.07) is 0. The van der Waals surface area contributed by atoms with Crippen LogP contribution in [-0.2, 0) is 11.3 Å². The van der Waals surface area contributed by atoms with Gasteiger partial charge in [0.2, 0.25) is 0 Å². The van der Waals surface area contributed by atoms with E-state index in [4.69, 9.17) is 4.74 Å². The molecule has 0 bridgehead atoms. The summed E-state index contributed by atoms with van der Waals surface area (Å²) in [6.07, 6.45) is 6.58. The Kier molecular flexibility index (Phi) is 2.49. The molecule has 0 saturated heterocycles. The second-order valence-electron chi connectivity index (χ2n) is 1.91. The highest BCUT2D eigenvalue weighted by Gasteiger charge is 1.97. The molecule has 0 spiro atoms. The fourth-order valence-electron chi connectivity index (χ4n) is 0.755. The van der Waals surface area contributed by atoms with Crippen molar-refractivity contribution in [2.75, 3.05) is 0 Å². The van der Waals surface area contributed by atoms with E-state index in [-0.39, 0.29) is 0 Å². The lowest BCUT2D eigenvalue weighted by Crippen LogP contribution is -1.96. The van der Waals surface area contributed by atoms with Crippen molar-refractivity contribution in [2.45, 2.75) is 6.61 Å². The third kappa shape index (κ3) is 1.70. The first-order valence-corrected chi connectivity index (χ1v) is 3.25. The first-order valence-electron chi connectivity index (χ1n) is 3.25. The molecule has 3 heteroatoms. The van der Waals surface area contributed by atoms with Crippen molar-refractivity contribution in [1.82, 2.24) is 9.55 Å². The number of imidazole rings is 1. The summed E-state index contributed by atoms with van der Waals surface area (Å²) < 4.78 is 6.75. The Balaban J connectivity index is 2.67. The van der Waals surface area contributed by atoms with Gasteiger partial charge in [0.25, 0.3) is 0 Å². The molecule has 0 N–H and O–H groups in total. The minimum absolute atomic E-state index is 0.433. The minimum Gasteiger partial charge on any atom is -0.494 e.